The Bertz CT molecular complexity index is 1230. The molecule has 0 spiro atoms. The molecule has 0 atom stereocenters. The van der Waals surface area contributed by atoms with Crippen molar-refractivity contribution in [2.75, 3.05) is 0 Å². The Morgan fingerprint density at radius 1 is 0.676 bits per heavy atom. The van der Waals surface area contributed by atoms with Crippen molar-refractivity contribution in [3.05, 3.63) is 137 Å². The van der Waals surface area contributed by atoms with Crippen molar-refractivity contribution in [1.82, 2.24) is 0 Å². The Morgan fingerprint density at radius 3 is 1.54 bits per heavy atom. The first kappa shape index (κ1) is 25.4. The van der Waals surface area contributed by atoms with Gasteiger partial charge in [-0.3, -0.25) is 0 Å². The minimum absolute atomic E-state index is 0.149. The van der Waals surface area contributed by atoms with Gasteiger partial charge in [-0.1, -0.05) is 97.1 Å². The zero-order valence-electron chi connectivity index (χ0n) is 21.8. The fourth-order valence-corrected chi connectivity index (χ4v) is 4.85. The molecular weight excluding hydrogens is 462 g/mol. The summed E-state index contributed by atoms with van der Waals surface area (Å²) in [5.74, 6) is -0.330. The second-order valence-corrected chi connectivity index (χ2v) is 10.5. The smallest absolute Gasteiger partial charge is 0.399 e. The maximum atomic E-state index is 14.6. The lowest BCUT2D eigenvalue weighted by Crippen LogP contribution is -2.41. The highest BCUT2D eigenvalue weighted by Gasteiger charge is 2.52. The van der Waals surface area contributed by atoms with E-state index in [4.69, 9.17) is 14.0 Å². The van der Waals surface area contributed by atoms with Crippen LogP contribution in [-0.2, 0) is 26.3 Å². The van der Waals surface area contributed by atoms with E-state index in [1.807, 2.05) is 82.3 Å². The minimum Gasteiger partial charge on any atom is -0.399 e. The maximum Gasteiger partial charge on any atom is 0.495 e. The zero-order valence-corrected chi connectivity index (χ0v) is 21.8. The normalized spacial score (nSPS) is 16.6. The van der Waals surface area contributed by atoms with Crippen molar-refractivity contribution < 1.29 is 18.4 Å². The van der Waals surface area contributed by atoms with Crippen molar-refractivity contribution in [3.8, 4) is 0 Å². The van der Waals surface area contributed by atoms with Crippen LogP contribution in [0.15, 0.2) is 109 Å². The van der Waals surface area contributed by atoms with Crippen molar-refractivity contribution in [2.24, 2.45) is 0 Å². The highest BCUT2D eigenvalue weighted by atomic mass is 19.1. The molecule has 1 aliphatic heterocycles. The van der Waals surface area contributed by atoms with Crippen LogP contribution < -0.4 is 5.46 Å². The van der Waals surface area contributed by atoms with Crippen LogP contribution in [-0.4, -0.2) is 18.3 Å². The van der Waals surface area contributed by atoms with E-state index < -0.39 is 23.9 Å². The summed E-state index contributed by atoms with van der Waals surface area (Å²) >= 11 is 0. The number of hydrogen-bond acceptors (Lipinski definition) is 3. The predicted octanol–water partition coefficient (Wildman–Crippen LogP) is 6.63. The molecule has 1 saturated heterocycles. The van der Waals surface area contributed by atoms with E-state index in [0.29, 0.717) is 5.56 Å². The van der Waals surface area contributed by atoms with Gasteiger partial charge in [0.25, 0.3) is 0 Å². The van der Waals surface area contributed by atoms with E-state index in [2.05, 4.69) is 36.4 Å². The lowest BCUT2D eigenvalue weighted by Gasteiger charge is -2.36. The molecule has 0 unspecified atom stereocenters. The summed E-state index contributed by atoms with van der Waals surface area (Å²) in [5, 5.41) is 0. The number of hydrogen-bond donors (Lipinski definition) is 0. The van der Waals surface area contributed by atoms with Crippen LogP contribution in [0.5, 0.6) is 0 Å². The highest BCUT2D eigenvalue weighted by molar-refractivity contribution is 6.62. The number of halogens is 1. The van der Waals surface area contributed by atoms with Gasteiger partial charge < -0.3 is 14.0 Å². The van der Waals surface area contributed by atoms with Gasteiger partial charge in [-0.2, -0.15) is 0 Å². The molecule has 37 heavy (non-hydrogen) atoms. The Balaban J connectivity index is 1.61. The largest absolute Gasteiger partial charge is 0.495 e. The van der Waals surface area contributed by atoms with E-state index in [1.165, 1.54) is 12.1 Å². The third-order valence-corrected chi connectivity index (χ3v) is 7.60. The molecule has 0 radical (unpaired) electrons. The van der Waals surface area contributed by atoms with Crippen LogP contribution in [0, 0.1) is 5.82 Å². The molecule has 0 amide bonds. The van der Waals surface area contributed by atoms with E-state index in [-0.39, 0.29) is 12.4 Å². The van der Waals surface area contributed by atoms with Gasteiger partial charge in [0.1, 0.15) is 11.4 Å². The lowest BCUT2D eigenvalue weighted by atomic mass is 9.75. The molecule has 1 fully saturated rings. The summed E-state index contributed by atoms with van der Waals surface area (Å²) < 4.78 is 34.2. The Hall–Kier alpha value is -3.25. The molecule has 3 nitrogen and oxygen atoms in total. The van der Waals surface area contributed by atoms with Crippen LogP contribution in [0.4, 0.5) is 4.39 Å². The summed E-state index contributed by atoms with van der Waals surface area (Å²) in [7, 11) is -0.622. The molecule has 0 bridgehead atoms. The molecule has 5 rings (SSSR count). The maximum absolute atomic E-state index is 14.6. The van der Waals surface area contributed by atoms with E-state index in [1.54, 1.807) is 6.07 Å². The van der Waals surface area contributed by atoms with Gasteiger partial charge in [-0.25, -0.2) is 4.39 Å². The topological polar surface area (TPSA) is 27.7 Å². The van der Waals surface area contributed by atoms with Crippen LogP contribution in [0.2, 0.25) is 0 Å². The molecule has 1 aliphatic rings. The molecule has 0 aliphatic carbocycles. The molecule has 188 valence electrons. The monoisotopic (exact) mass is 494 g/mol. The van der Waals surface area contributed by atoms with Gasteiger partial charge in [0, 0.05) is 0 Å². The van der Waals surface area contributed by atoms with Crippen LogP contribution in [0.3, 0.4) is 0 Å². The molecule has 0 saturated carbocycles. The first-order chi connectivity index (χ1) is 17.7. The Kier molecular flexibility index (Phi) is 6.80. The summed E-state index contributed by atoms with van der Waals surface area (Å²) in [4.78, 5) is 0. The van der Waals surface area contributed by atoms with Crippen molar-refractivity contribution >= 4 is 12.6 Å². The van der Waals surface area contributed by atoms with Gasteiger partial charge >= 0.3 is 7.12 Å². The Morgan fingerprint density at radius 2 is 1.11 bits per heavy atom. The summed E-state index contributed by atoms with van der Waals surface area (Å²) in [6, 6.07) is 35.2. The Labute approximate surface area is 219 Å². The molecule has 5 heteroatoms. The molecule has 4 aromatic rings. The third kappa shape index (κ3) is 4.75. The molecule has 1 heterocycles. The predicted molar refractivity (Wildman–Crippen MR) is 146 cm³/mol. The van der Waals surface area contributed by atoms with Crippen molar-refractivity contribution in [3.63, 3.8) is 0 Å². The summed E-state index contributed by atoms with van der Waals surface area (Å²) in [6.07, 6.45) is 0. The fourth-order valence-electron chi connectivity index (χ4n) is 4.85. The van der Waals surface area contributed by atoms with Gasteiger partial charge in [0.15, 0.2) is 0 Å². The second kappa shape index (κ2) is 9.90. The molecule has 4 aromatic carbocycles. The first-order valence-corrected chi connectivity index (χ1v) is 12.7. The number of benzene rings is 4. The van der Waals surface area contributed by atoms with E-state index >= 15 is 0 Å². The van der Waals surface area contributed by atoms with Gasteiger partial charge in [0.2, 0.25) is 0 Å². The van der Waals surface area contributed by atoms with E-state index in [0.717, 1.165) is 22.2 Å². The van der Waals surface area contributed by atoms with Gasteiger partial charge in [0.05, 0.1) is 17.8 Å². The van der Waals surface area contributed by atoms with Gasteiger partial charge in [-0.15, -0.1) is 0 Å². The second-order valence-electron chi connectivity index (χ2n) is 10.5. The minimum atomic E-state index is -0.913. The summed E-state index contributed by atoms with van der Waals surface area (Å²) in [6.45, 7) is 8.20. The highest BCUT2D eigenvalue weighted by Crippen LogP contribution is 2.41. The van der Waals surface area contributed by atoms with Crippen LogP contribution in [0.25, 0.3) is 0 Å². The standard InChI is InChI=1S/C32H32BFO3/c1-30(2)31(3,4)37-33(36-30)29-21-20-28(34)22-24(29)23-35-32(25-14-8-5-9-15-25,26-16-10-6-11-17-26)27-18-12-7-13-19-27/h5-22H,23H2,1-4H3. The fraction of sp³-hybridized carbons (Fsp3) is 0.250. The molecule has 0 N–H and O–H groups in total. The number of ether oxygens (including phenoxy) is 1. The quantitative estimate of drug-likeness (QED) is 0.213. The van der Waals surface area contributed by atoms with E-state index in [9.17, 15) is 4.39 Å². The summed E-state index contributed by atoms with van der Waals surface area (Å²) in [5.41, 5.74) is 2.48. The average molecular weight is 494 g/mol. The van der Waals surface area contributed by atoms with Crippen LogP contribution >= 0.6 is 0 Å². The van der Waals surface area contributed by atoms with Gasteiger partial charge in [-0.05, 0) is 67.5 Å². The SMILES string of the molecule is CC1(C)OB(c2ccc(F)cc2COC(c2ccccc2)(c2ccccc2)c2ccccc2)OC1(C)C. The van der Waals surface area contributed by atoms with Crippen LogP contribution in [0.1, 0.15) is 49.9 Å². The van der Waals surface area contributed by atoms with Crippen molar-refractivity contribution in [1.29, 1.82) is 0 Å². The average Bonchev–Trinajstić information content (AvgIpc) is 3.12. The third-order valence-electron chi connectivity index (χ3n) is 7.60. The number of rotatable bonds is 7. The van der Waals surface area contributed by atoms with Crippen molar-refractivity contribution in [2.45, 2.75) is 51.1 Å². The molecular formula is C32H32BFO3. The zero-order chi connectivity index (χ0) is 26.1. The molecule has 0 aromatic heterocycles. The lowest BCUT2D eigenvalue weighted by molar-refractivity contribution is 0.000417. The first-order valence-electron chi connectivity index (χ1n) is 12.7.